The molecule has 2 nitrogen and oxygen atoms in total. The molecular weight excluding hydrogens is 340 g/mol. The van der Waals surface area contributed by atoms with Crippen LogP contribution in [0, 0.1) is 6.92 Å². The molecular formula is C26H20N2. The Balaban J connectivity index is 1.49. The van der Waals surface area contributed by atoms with Crippen LogP contribution in [0.4, 0.5) is 0 Å². The van der Waals surface area contributed by atoms with E-state index in [1.165, 1.54) is 21.9 Å². The highest BCUT2D eigenvalue weighted by Gasteiger charge is 2.04. The van der Waals surface area contributed by atoms with E-state index < -0.39 is 0 Å². The minimum Gasteiger partial charge on any atom is -0.306 e. The predicted octanol–water partition coefficient (Wildman–Crippen LogP) is 6.63. The third-order valence-corrected chi connectivity index (χ3v) is 5.11. The summed E-state index contributed by atoms with van der Waals surface area (Å²) in [6.07, 6.45) is 8.49. The lowest BCUT2D eigenvalue weighted by Gasteiger charge is -2.02. The van der Waals surface area contributed by atoms with E-state index in [2.05, 4.69) is 115 Å². The largest absolute Gasteiger partial charge is 0.306 e. The van der Waals surface area contributed by atoms with Gasteiger partial charge in [-0.3, -0.25) is 0 Å². The van der Waals surface area contributed by atoms with Crippen molar-refractivity contribution in [3.05, 3.63) is 108 Å². The zero-order valence-corrected chi connectivity index (χ0v) is 15.7. The molecule has 0 aliphatic carbocycles. The monoisotopic (exact) mass is 360 g/mol. The SMILES string of the molecule is Cc1ccc(-c2cn3ccc(C=Cc4cccc5ccccc45)cc3n2)cc1. The zero-order valence-electron chi connectivity index (χ0n) is 15.7. The number of fused-ring (bicyclic) bond motifs is 2. The van der Waals surface area contributed by atoms with Gasteiger partial charge in [0.1, 0.15) is 5.65 Å². The van der Waals surface area contributed by atoms with Gasteiger partial charge in [-0.1, -0.05) is 84.4 Å². The lowest BCUT2D eigenvalue weighted by Crippen LogP contribution is -1.83. The Hall–Kier alpha value is -3.65. The molecule has 0 radical (unpaired) electrons. The summed E-state index contributed by atoms with van der Waals surface area (Å²) in [5.41, 5.74) is 6.71. The number of nitrogens with zero attached hydrogens (tertiary/aromatic N) is 2. The first-order valence-corrected chi connectivity index (χ1v) is 9.48. The second-order valence-electron chi connectivity index (χ2n) is 7.12. The van der Waals surface area contributed by atoms with Gasteiger partial charge in [0.05, 0.1) is 5.69 Å². The zero-order chi connectivity index (χ0) is 18.9. The van der Waals surface area contributed by atoms with Crippen molar-refractivity contribution in [2.24, 2.45) is 0 Å². The average Bonchev–Trinajstić information content (AvgIpc) is 3.16. The minimum atomic E-state index is 0.954. The van der Waals surface area contributed by atoms with Crippen LogP contribution in [0.2, 0.25) is 0 Å². The topological polar surface area (TPSA) is 17.3 Å². The van der Waals surface area contributed by atoms with Gasteiger partial charge in [-0.15, -0.1) is 0 Å². The number of aromatic nitrogens is 2. The number of aryl methyl sites for hydroxylation is 1. The number of hydrogen-bond acceptors (Lipinski definition) is 1. The van der Waals surface area contributed by atoms with Gasteiger partial charge in [-0.05, 0) is 41.0 Å². The fraction of sp³-hybridized carbons (Fsp3) is 0.0385. The summed E-state index contributed by atoms with van der Waals surface area (Å²) in [5.74, 6) is 0. The van der Waals surface area contributed by atoms with Crippen molar-refractivity contribution in [2.75, 3.05) is 0 Å². The summed E-state index contributed by atoms with van der Waals surface area (Å²) in [6, 6.07) is 27.6. The van der Waals surface area contributed by atoms with Gasteiger partial charge in [-0.2, -0.15) is 0 Å². The van der Waals surface area contributed by atoms with Crippen LogP contribution in [0.1, 0.15) is 16.7 Å². The summed E-state index contributed by atoms with van der Waals surface area (Å²) in [4.78, 5) is 4.81. The number of rotatable bonds is 3. The summed E-state index contributed by atoms with van der Waals surface area (Å²) in [7, 11) is 0. The maximum Gasteiger partial charge on any atom is 0.138 e. The van der Waals surface area contributed by atoms with E-state index in [1.807, 2.05) is 0 Å². The van der Waals surface area contributed by atoms with Crippen LogP contribution in [0.5, 0.6) is 0 Å². The van der Waals surface area contributed by atoms with E-state index >= 15 is 0 Å². The van der Waals surface area contributed by atoms with Gasteiger partial charge in [0, 0.05) is 18.0 Å². The highest BCUT2D eigenvalue weighted by Crippen LogP contribution is 2.22. The van der Waals surface area contributed by atoms with Crippen LogP contribution in [0.15, 0.2) is 91.3 Å². The number of imidazole rings is 1. The molecule has 0 spiro atoms. The van der Waals surface area contributed by atoms with Crippen LogP contribution in [0.25, 0.3) is 39.8 Å². The van der Waals surface area contributed by atoms with Crippen molar-refractivity contribution in [2.45, 2.75) is 6.92 Å². The van der Waals surface area contributed by atoms with Gasteiger partial charge in [0.15, 0.2) is 0 Å². The number of benzene rings is 3. The van der Waals surface area contributed by atoms with E-state index in [4.69, 9.17) is 4.98 Å². The fourth-order valence-corrected chi connectivity index (χ4v) is 3.55. The Morgan fingerprint density at radius 2 is 1.64 bits per heavy atom. The lowest BCUT2D eigenvalue weighted by molar-refractivity contribution is 1.18. The summed E-state index contributed by atoms with van der Waals surface area (Å²) < 4.78 is 2.07. The molecule has 2 aromatic heterocycles. The van der Waals surface area contributed by atoms with E-state index in [9.17, 15) is 0 Å². The van der Waals surface area contributed by atoms with E-state index in [1.54, 1.807) is 0 Å². The molecule has 0 unspecified atom stereocenters. The normalized spacial score (nSPS) is 11.6. The molecule has 0 aliphatic rings. The second-order valence-corrected chi connectivity index (χ2v) is 7.12. The highest BCUT2D eigenvalue weighted by atomic mass is 15.0. The average molecular weight is 360 g/mol. The van der Waals surface area contributed by atoms with E-state index in [0.717, 1.165) is 22.5 Å². The third kappa shape index (κ3) is 3.10. The van der Waals surface area contributed by atoms with Crippen LogP contribution >= 0.6 is 0 Å². The fourth-order valence-electron chi connectivity index (χ4n) is 3.55. The third-order valence-electron chi connectivity index (χ3n) is 5.11. The van der Waals surface area contributed by atoms with Crippen molar-refractivity contribution in [3.8, 4) is 11.3 Å². The van der Waals surface area contributed by atoms with E-state index in [0.29, 0.717) is 0 Å². The van der Waals surface area contributed by atoms with Gasteiger partial charge in [-0.25, -0.2) is 4.98 Å². The van der Waals surface area contributed by atoms with Gasteiger partial charge in [0.2, 0.25) is 0 Å². The van der Waals surface area contributed by atoms with Crippen molar-refractivity contribution in [1.82, 2.24) is 9.38 Å². The van der Waals surface area contributed by atoms with Crippen LogP contribution in [-0.4, -0.2) is 9.38 Å². The quantitative estimate of drug-likeness (QED) is 0.353. The molecule has 134 valence electrons. The molecule has 0 bridgehead atoms. The highest BCUT2D eigenvalue weighted by molar-refractivity contribution is 5.92. The van der Waals surface area contributed by atoms with Crippen LogP contribution < -0.4 is 0 Å². The van der Waals surface area contributed by atoms with E-state index in [-0.39, 0.29) is 0 Å². The molecule has 3 aromatic carbocycles. The number of hydrogen-bond donors (Lipinski definition) is 0. The Morgan fingerprint density at radius 1 is 0.821 bits per heavy atom. The first kappa shape index (κ1) is 16.5. The van der Waals surface area contributed by atoms with Crippen molar-refractivity contribution >= 4 is 28.6 Å². The molecule has 0 saturated carbocycles. The molecule has 0 saturated heterocycles. The smallest absolute Gasteiger partial charge is 0.138 e. The maximum absolute atomic E-state index is 4.81. The molecule has 2 heterocycles. The molecule has 5 rings (SSSR count). The van der Waals surface area contributed by atoms with Crippen molar-refractivity contribution in [3.63, 3.8) is 0 Å². The predicted molar refractivity (Wildman–Crippen MR) is 118 cm³/mol. The van der Waals surface area contributed by atoms with Gasteiger partial charge < -0.3 is 4.40 Å². The standard InChI is InChI=1S/C26H20N2/c1-19-9-12-23(13-10-19)25-18-28-16-15-20(17-26(28)27-25)11-14-22-7-4-6-21-5-2-3-8-24(21)22/h2-18H,1H3. The van der Waals surface area contributed by atoms with Crippen molar-refractivity contribution in [1.29, 1.82) is 0 Å². The summed E-state index contributed by atoms with van der Waals surface area (Å²) in [5, 5.41) is 2.53. The molecule has 0 atom stereocenters. The van der Waals surface area contributed by atoms with Crippen LogP contribution in [0.3, 0.4) is 0 Å². The maximum atomic E-state index is 4.81. The molecule has 28 heavy (non-hydrogen) atoms. The summed E-state index contributed by atoms with van der Waals surface area (Å²) in [6.45, 7) is 2.10. The molecule has 0 amide bonds. The Kier molecular flexibility index (Phi) is 4.02. The molecule has 0 aliphatic heterocycles. The Bertz CT molecular complexity index is 1300. The second kappa shape index (κ2) is 6.82. The molecule has 0 N–H and O–H groups in total. The Morgan fingerprint density at radius 3 is 2.54 bits per heavy atom. The van der Waals surface area contributed by atoms with Gasteiger partial charge in [0.25, 0.3) is 0 Å². The summed E-state index contributed by atoms with van der Waals surface area (Å²) >= 11 is 0. The minimum absolute atomic E-state index is 0.954. The first-order chi connectivity index (χ1) is 13.8. The molecule has 2 heteroatoms. The number of pyridine rings is 1. The van der Waals surface area contributed by atoms with Crippen molar-refractivity contribution < 1.29 is 0 Å². The lowest BCUT2D eigenvalue weighted by atomic mass is 10.0. The molecule has 5 aromatic rings. The first-order valence-electron chi connectivity index (χ1n) is 9.48. The van der Waals surface area contributed by atoms with Crippen LogP contribution in [-0.2, 0) is 0 Å². The van der Waals surface area contributed by atoms with Gasteiger partial charge >= 0.3 is 0 Å². The molecule has 0 fully saturated rings. The Labute approximate surface area is 164 Å².